The number of aromatic amines is 1. The van der Waals surface area contributed by atoms with Gasteiger partial charge in [0.05, 0.1) is 16.8 Å². The van der Waals surface area contributed by atoms with Gasteiger partial charge in [-0.15, -0.1) is 0 Å². The Bertz CT molecular complexity index is 813. The summed E-state index contributed by atoms with van der Waals surface area (Å²) in [5.74, 6) is -0.841. The lowest BCUT2D eigenvalue weighted by molar-refractivity contribution is -0.127. The van der Waals surface area contributed by atoms with E-state index in [4.69, 9.17) is 0 Å². The van der Waals surface area contributed by atoms with E-state index in [1.807, 2.05) is 0 Å². The van der Waals surface area contributed by atoms with Gasteiger partial charge < -0.3 is 5.32 Å². The second kappa shape index (κ2) is 6.46. The number of fused-ring (bicyclic) bond motifs is 1. The van der Waals surface area contributed by atoms with Crippen molar-refractivity contribution in [3.8, 4) is 0 Å². The summed E-state index contributed by atoms with van der Waals surface area (Å²) in [6.07, 6.45) is 5.65. The zero-order valence-corrected chi connectivity index (χ0v) is 13.9. The molecule has 7 heteroatoms. The number of aromatic nitrogens is 2. The number of benzene rings is 1. The van der Waals surface area contributed by atoms with Gasteiger partial charge in [-0.25, -0.2) is 4.39 Å². The van der Waals surface area contributed by atoms with Crippen LogP contribution in [0.25, 0.3) is 10.9 Å². The monoisotopic (exact) mass is 344 g/mol. The molecule has 2 N–H and O–H groups in total. The standard InChI is InChI=1S/C18H21FN4O2/c19-13-7-4-8-14-16(13)17(22-21-14)23-10-11(9-15(23)24)18(25)20-12-5-2-1-3-6-12/h4,7-8,11-12H,1-3,5-6,9-10H2,(H,20,25)(H,21,22). The first kappa shape index (κ1) is 16.1. The van der Waals surface area contributed by atoms with Gasteiger partial charge in [0.25, 0.3) is 0 Å². The fourth-order valence-electron chi connectivity index (χ4n) is 3.86. The zero-order chi connectivity index (χ0) is 17.4. The molecule has 2 fully saturated rings. The number of H-pyrrole nitrogens is 1. The molecule has 1 aliphatic heterocycles. The van der Waals surface area contributed by atoms with Crippen LogP contribution < -0.4 is 10.2 Å². The second-order valence-corrected chi connectivity index (χ2v) is 6.96. The summed E-state index contributed by atoms with van der Waals surface area (Å²) in [6.45, 7) is 0.242. The summed E-state index contributed by atoms with van der Waals surface area (Å²) < 4.78 is 14.1. The zero-order valence-electron chi connectivity index (χ0n) is 13.9. The molecule has 1 saturated carbocycles. The predicted octanol–water partition coefficient (Wildman–Crippen LogP) is 2.50. The third-order valence-corrected chi connectivity index (χ3v) is 5.22. The lowest BCUT2D eigenvalue weighted by Crippen LogP contribution is -2.40. The number of nitrogens with one attached hydrogen (secondary N) is 2. The molecule has 0 bridgehead atoms. The first-order valence-electron chi connectivity index (χ1n) is 8.87. The molecule has 2 amide bonds. The molecule has 0 radical (unpaired) electrons. The molecule has 6 nitrogen and oxygen atoms in total. The van der Waals surface area contributed by atoms with Crippen molar-refractivity contribution in [1.82, 2.24) is 15.5 Å². The quantitative estimate of drug-likeness (QED) is 0.898. The van der Waals surface area contributed by atoms with Crippen LogP contribution in [0.1, 0.15) is 38.5 Å². The summed E-state index contributed by atoms with van der Waals surface area (Å²) in [4.78, 5) is 26.3. The lowest BCUT2D eigenvalue weighted by atomic mass is 9.95. The minimum absolute atomic E-state index is 0.0805. The summed E-state index contributed by atoms with van der Waals surface area (Å²) in [6, 6.07) is 4.86. The van der Waals surface area contributed by atoms with E-state index >= 15 is 0 Å². The van der Waals surface area contributed by atoms with Crippen LogP contribution in [0.5, 0.6) is 0 Å². The number of carbonyl (C=O) groups is 2. The molecular weight excluding hydrogens is 323 g/mol. The summed E-state index contributed by atoms with van der Waals surface area (Å²) in [5.41, 5.74) is 0.540. The SMILES string of the molecule is O=C(NC1CCCCC1)C1CC(=O)N(c2n[nH]c3cccc(F)c23)C1. The van der Waals surface area contributed by atoms with Crippen molar-refractivity contribution >= 4 is 28.5 Å². The van der Waals surface area contributed by atoms with Gasteiger partial charge in [0, 0.05) is 19.0 Å². The van der Waals surface area contributed by atoms with E-state index in [0.717, 1.165) is 25.7 Å². The minimum Gasteiger partial charge on any atom is -0.353 e. The highest BCUT2D eigenvalue weighted by Crippen LogP contribution is 2.31. The smallest absolute Gasteiger partial charge is 0.229 e. The fourth-order valence-corrected chi connectivity index (χ4v) is 3.86. The molecule has 2 aliphatic rings. The van der Waals surface area contributed by atoms with Crippen molar-refractivity contribution in [3.63, 3.8) is 0 Å². The van der Waals surface area contributed by atoms with Gasteiger partial charge in [0.15, 0.2) is 5.82 Å². The van der Waals surface area contributed by atoms with Crippen molar-refractivity contribution in [2.75, 3.05) is 11.4 Å². The van der Waals surface area contributed by atoms with Crippen molar-refractivity contribution in [3.05, 3.63) is 24.0 Å². The third kappa shape index (κ3) is 2.99. The van der Waals surface area contributed by atoms with Crippen LogP contribution in [-0.2, 0) is 9.59 Å². The molecule has 1 aromatic heterocycles. The molecule has 1 saturated heterocycles. The topological polar surface area (TPSA) is 78.1 Å². The Morgan fingerprint density at radius 3 is 2.88 bits per heavy atom. The molecule has 25 heavy (non-hydrogen) atoms. The normalized spacial score (nSPS) is 21.9. The van der Waals surface area contributed by atoms with Gasteiger partial charge in [-0.05, 0) is 25.0 Å². The van der Waals surface area contributed by atoms with Crippen LogP contribution in [0.3, 0.4) is 0 Å². The average molecular weight is 344 g/mol. The average Bonchev–Trinajstić information content (AvgIpc) is 3.20. The molecule has 2 aromatic rings. The number of anilines is 1. The van der Waals surface area contributed by atoms with E-state index in [0.29, 0.717) is 10.9 Å². The van der Waals surface area contributed by atoms with Crippen LogP contribution in [0.2, 0.25) is 0 Å². The number of hydrogen-bond donors (Lipinski definition) is 2. The lowest BCUT2D eigenvalue weighted by Gasteiger charge is -2.24. The van der Waals surface area contributed by atoms with Gasteiger partial charge >= 0.3 is 0 Å². The van der Waals surface area contributed by atoms with Crippen molar-refractivity contribution in [2.24, 2.45) is 5.92 Å². The fraction of sp³-hybridized carbons (Fsp3) is 0.500. The summed E-state index contributed by atoms with van der Waals surface area (Å²) in [5, 5.41) is 10.2. The Morgan fingerprint density at radius 1 is 1.28 bits per heavy atom. The molecule has 1 atom stereocenters. The third-order valence-electron chi connectivity index (χ3n) is 5.22. The molecule has 1 aromatic carbocycles. The predicted molar refractivity (Wildman–Crippen MR) is 91.5 cm³/mol. The van der Waals surface area contributed by atoms with Crippen LogP contribution in [0, 0.1) is 11.7 Å². The molecule has 1 aliphatic carbocycles. The van der Waals surface area contributed by atoms with Crippen molar-refractivity contribution < 1.29 is 14.0 Å². The number of rotatable bonds is 3. The maximum absolute atomic E-state index is 14.1. The molecule has 2 heterocycles. The first-order chi connectivity index (χ1) is 12.1. The highest BCUT2D eigenvalue weighted by Gasteiger charge is 2.37. The Kier molecular flexibility index (Phi) is 4.15. The minimum atomic E-state index is -0.427. The maximum atomic E-state index is 14.1. The van der Waals surface area contributed by atoms with Gasteiger partial charge in [0.2, 0.25) is 11.8 Å². The van der Waals surface area contributed by atoms with E-state index in [1.54, 1.807) is 12.1 Å². The van der Waals surface area contributed by atoms with Gasteiger partial charge in [-0.3, -0.25) is 19.6 Å². The molecule has 1 unspecified atom stereocenters. The largest absolute Gasteiger partial charge is 0.353 e. The second-order valence-electron chi connectivity index (χ2n) is 6.96. The number of halogens is 1. The van der Waals surface area contributed by atoms with E-state index in [-0.39, 0.29) is 36.6 Å². The Balaban J connectivity index is 1.51. The van der Waals surface area contributed by atoms with Gasteiger partial charge in [-0.1, -0.05) is 25.3 Å². The number of carbonyl (C=O) groups excluding carboxylic acids is 2. The van der Waals surface area contributed by atoms with Crippen LogP contribution in [0.4, 0.5) is 10.2 Å². The number of hydrogen-bond acceptors (Lipinski definition) is 3. The number of amides is 2. The van der Waals surface area contributed by atoms with E-state index in [1.165, 1.54) is 17.4 Å². The van der Waals surface area contributed by atoms with Gasteiger partial charge in [-0.2, -0.15) is 5.10 Å². The molecule has 4 rings (SSSR count). The van der Waals surface area contributed by atoms with Crippen LogP contribution in [-0.4, -0.2) is 34.6 Å². The van der Waals surface area contributed by atoms with Crippen LogP contribution in [0.15, 0.2) is 18.2 Å². The van der Waals surface area contributed by atoms with E-state index in [9.17, 15) is 14.0 Å². The van der Waals surface area contributed by atoms with Crippen molar-refractivity contribution in [2.45, 2.75) is 44.6 Å². The van der Waals surface area contributed by atoms with Gasteiger partial charge in [0.1, 0.15) is 5.82 Å². The molecule has 132 valence electrons. The van der Waals surface area contributed by atoms with E-state index < -0.39 is 11.7 Å². The Morgan fingerprint density at radius 2 is 2.08 bits per heavy atom. The maximum Gasteiger partial charge on any atom is 0.229 e. The highest BCUT2D eigenvalue weighted by molar-refractivity contribution is 6.05. The highest BCUT2D eigenvalue weighted by atomic mass is 19.1. The first-order valence-corrected chi connectivity index (χ1v) is 8.87. The van der Waals surface area contributed by atoms with Crippen molar-refractivity contribution in [1.29, 1.82) is 0 Å². The number of nitrogens with zero attached hydrogens (tertiary/aromatic N) is 2. The summed E-state index contributed by atoms with van der Waals surface area (Å²) >= 11 is 0. The van der Waals surface area contributed by atoms with E-state index in [2.05, 4.69) is 15.5 Å². The molecule has 0 spiro atoms. The molecular formula is C18H21FN4O2. The summed E-state index contributed by atoms with van der Waals surface area (Å²) in [7, 11) is 0. The Hall–Kier alpha value is -2.44. The van der Waals surface area contributed by atoms with Crippen LogP contribution >= 0.6 is 0 Å². The Labute approximate surface area is 144 Å².